The van der Waals surface area contributed by atoms with Crippen LogP contribution in [0, 0.1) is 10.1 Å². The molecule has 1 amide bonds. The number of halogens is 4. The van der Waals surface area contributed by atoms with Crippen molar-refractivity contribution in [2.75, 3.05) is 37.7 Å². The molecule has 5 rings (SSSR count). The number of nitro groups is 1. The lowest BCUT2D eigenvalue weighted by Gasteiger charge is -2.35. The van der Waals surface area contributed by atoms with E-state index < -0.39 is 22.4 Å². The van der Waals surface area contributed by atoms with Gasteiger partial charge in [0, 0.05) is 47.8 Å². The summed E-state index contributed by atoms with van der Waals surface area (Å²) in [5, 5.41) is 12.0. The minimum Gasteiger partial charge on any atom is -0.368 e. The summed E-state index contributed by atoms with van der Waals surface area (Å²) in [5.74, 6) is 0.803. The van der Waals surface area contributed by atoms with Crippen LogP contribution in [-0.2, 0) is 15.7 Å². The minimum absolute atomic E-state index is 0.0265. The van der Waals surface area contributed by atoms with E-state index in [0.29, 0.717) is 63.6 Å². The van der Waals surface area contributed by atoms with Crippen molar-refractivity contribution in [3.8, 4) is 0 Å². The number of hydrogen-bond donors (Lipinski definition) is 0. The molecule has 0 bridgehead atoms. The second-order valence-electron chi connectivity index (χ2n) is 10.0. The van der Waals surface area contributed by atoms with Crippen LogP contribution in [0.4, 0.5) is 30.4 Å². The van der Waals surface area contributed by atoms with Gasteiger partial charge in [-0.25, -0.2) is 4.98 Å². The maximum atomic E-state index is 13.3. The Bertz CT molecular complexity index is 1480. The average molecular weight is 634 g/mol. The molecular weight excluding hydrogens is 607 g/mol. The summed E-state index contributed by atoms with van der Waals surface area (Å²) < 4.78 is 46.6. The van der Waals surface area contributed by atoms with Gasteiger partial charge in [0.25, 0.3) is 5.69 Å². The summed E-state index contributed by atoms with van der Waals surface area (Å²) in [6, 6.07) is 12.8. The van der Waals surface area contributed by atoms with E-state index in [9.17, 15) is 28.1 Å². The topological polar surface area (TPSA) is 101 Å². The Morgan fingerprint density at radius 2 is 1.80 bits per heavy atom. The molecule has 216 valence electrons. The highest BCUT2D eigenvalue weighted by Crippen LogP contribution is 2.38. The number of anilines is 1. The number of carbonyl (C=O) groups excluding carboxylic acids is 1. The third-order valence-electron chi connectivity index (χ3n) is 7.31. The number of nitro benzene ring substituents is 1. The largest absolute Gasteiger partial charge is 0.423 e. The first-order chi connectivity index (χ1) is 19.6. The standard InChI is InChI=1S/C28H27BrF3N5O4/c29-19-2-8-24-18(15-19)1-10-26(34-24)35-11-13-36(14-12-35)27(38)17-41-22-6-3-20(4-7-22)33-21-5-9-25(37(39)40)23(16-21)28(30,31)32/h1-2,5,8-10,15-16,22H,3-4,6-7,11-14,17H2. The van der Waals surface area contributed by atoms with Crippen molar-refractivity contribution in [3.63, 3.8) is 0 Å². The van der Waals surface area contributed by atoms with Crippen molar-refractivity contribution in [1.29, 1.82) is 0 Å². The molecule has 2 aliphatic rings. The van der Waals surface area contributed by atoms with Gasteiger partial charge in [-0.1, -0.05) is 15.9 Å². The van der Waals surface area contributed by atoms with E-state index in [4.69, 9.17) is 9.72 Å². The molecule has 2 fully saturated rings. The van der Waals surface area contributed by atoms with Crippen molar-refractivity contribution in [1.82, 2.24) is 9.88 Å². The Hall–Kier alpha value is -3.58. The molecule has 2 heterocycles. The number of rotatable bonds is 6. The van der Waals surface area contributed by atoms with Crippen molar-refractivity contribution < 1.29 is 27.6 Å². The molecule has 1 aromatic heterocycles. The fourth-order valence-electron chi connectivity index (χ4n) is 5.09. The molecule has 0 atom stereocenters. The van der Waals surface area contributed by atoms with Gasteiger partial charge in [-0.05, 0) is 68.1 Å². The van der Waals surface area contributed by atoms with Crippen LogP contribution < -0.4 is 4.90 Å². The Morgan fingerprint density at radius 1 is 1.07 bits per heavy atom. The predicted octanol–water partition coefficient (Wildman–Crippen LogP) is 6.30. The van der Waals surface area contributed by atoms with Crippen LogP contribution in [0.15, 0.2) is 58.0 Å². The van der Waals surface area contributed by atoms with Crippen molar-refractivity contribution in [2.24, 2.45) is 4.99 Å². The highest BCUT2D eigenvalue weighted by atomic mass is 79.9. The minimum atomic E-state index is -4.85. The van der Waals surface area contributed by atoms with Crippen LogP contribution in [0.5, 0.6) is 0 Å². The Balaban J connectivity index is 1.09. The van der Waals surface area contributed by atoms with Crippen LogP contribution >= 0.6 is 15.9 Å². The number of amides is 1. The monoisotopic (exact) mass is 633 g/mol. The summed E-state index contributed by atoms with van der Waals surface area (Å²) in [4.78, 5) is 35.7. The number of piperazine rings is 1. The highest BCUT2D eigenvalue weighted by molar-refractivity contribution is 9.10. The van der Waals surface area contributed by atoms with Gasteiger partial charge in [0.1, 0.15) is 18.0 Å². The summed E-state index contributed by atoms with van der Waals surface area (Å²) in [6.45, 7) is 2.45. The predicted molar refractivity (Wildman–Crippen MR) is 152 cm³/mol. The van der Waals surface area contributed by atoms with E-state index in [1.54, 1.807) is 4.90 Å². The zero-order valence-corrected chi connectivity index (χ0v) is 23.5. The van der Waals surface area contributed by atoms with Gasteiger partial charge >= 0.3 is 6.18 Å². The molecule has 41 heavy (non-hydrogen) atoms. The lowest BCUT2D eigenvalue weighted by Crippen LogP contribution is -2.50. The van der Waals surface area contributed by atoms with Gasteiger partial charge in [0.05, 0.1) is 22.2 Å². The summed E-state index contributed by atoms with van der Waals surface area (Å²) in [5.41, 5.74) is -0.675. The number of carbonyl (C=O) groups is 1. The van der Waals surface area contributed by atoms with Crippen LogP contribution in [0.1, 0.15) is 31.2 Å². The Labute approximate surface area is 242 Å². The third kappa shape index (κ3) is 7.02. The molecule has 9 nitrogen and oxygen atoms in total. The molecule has 0 radical (unpaired) electrons. The first kappa shape index (κ1) is 28.9. The van der Waals surface area contributed by atoms with Gasteiger partial charge in [0.2, 0.25) is 5.91 Å². The van der Waals surface area contributed by atoms with E-state index in [1.165, 1.54) is 6.07 Å². The molecule has 13 heteroatoms. The number of aromatic nitrogens is 1. The van der Waals surface area contributed by atoms with E-state index in [2.05, 4.69) is 25.8 Å². The van der Waals surface area contributed by atoms with E-state index in [-0.39, 0.29) is 24.3 Å². The second kappa shape index (κ2) is 12.1. The number of nitrogens with zero attached hydrogens (tertiary/aromatic N) is 5. The molecule has 0 spiro atoms. The molecule has 3 aromatic rings. The van der Waals surface area contributed by atoms with E-state index in [0.717, 1.165) is 27.3 Å². The van der Waals surface area contributed by atoms with Crippen molar-refractivity contribution >= 4 is 55.6 Å². The summed E-state index contributed by atoms with van der Waals surface area (Å²) in [6.07, 6.45) is -2.82. The lowest BCUT2D eigenvalue weighted by molar-refractivity contribution is -0.388. The molecule has 1 saturated carbocycles. The first-order valence-electron chi connectivity index (χ1n) is 13.2. The quantitative estimate of drug-likeness (QED) is 0.233. The number of aliphatic imine (C=N–C) groups is 1. The smallest absolute Gasteiger partial charge is 0.368 e. The third-order valence-corrected chi connectivity index (χ3v) is 7.81. The van der Waals surface area contributed by atoms with Gasteiger partial charge < -0.3 is 14.5 Å². The van der Waals surface area contributed by atoms with E-state index >= 15 is 0 Å². The molecule has 2 aromatic carbocycles. The Morgan fingerprint density at radius 3 is 2.49 bits per heavy atom. The Kier molecular flexibility index (Phi) is 8.55. The normalized spacial score (nSPS) is 18.0. The fourth-order valence-corrected chi connectivity index (χ4v) is 5.47. The zero-order valence-electron chi connectivity index (χ0n) is 21.9. The summed E-state index contributed by atoms with van der Waals surface area (Å²) in [7, 11) is 0. The molecule has 1 aliphatic heterocycles. The highest BCUT2D eigenvalue weighted by Gasteiger charge is 2.38. The van der Waals surface area contributed by atoms with Crippen LogP contribution in [-0.4, -0.2) is 65.3 Å². The second-order valence-corrected chi connectivity index (χ2v) is 10.9. The number of pyridine rings is 1. The molecule has 1 saturated heterocycles. The first-order valence-corrected chi connectivity index (χ1v) is 14.0. The molecule has 0 N–H and O–H groups in total. The van der Waals surface area contributed by atoms with Gasteiger partial charge in [0.15, 0.2) is 0 Å². The summed E-state index contributed by atoms with van der Waals surface area (Å²) >= 11 is 3.47. The lowest BCUT2D eigenvalue weighted by atomic mass is 9.95. The number of hydrogen-bond acceptors (Lipinski definition) is 7. The van der Waals surface area contributed by atoms with Crippen molar-refractivity contribution in [3.05, 3.63) is 68.7 Å². The number of alkyl halides is 3. The molecule has 0 unspecified atom stereocenters. The van der Waals surface area contributed by atoms with Crippen LogP contribution in [0.2, 0.25) is 0 Å². The van der Waals surface area contributed by atoms with Crippen molar-refractivity contribution in [2.45, 2.75) is 38.0 Å². The van der Waals surface area contributed by atoms with Crippen LogP contribution in [0.25, 0.3) is 10.9 Å². The fraction of sp³-hybridized carbons (Fsp3) is 0.393. The van der Waals surface area contributed by atoms with Crippen LogP contribution in [0.3, 0.4) is 0 Å². The van der Waals surface area contributed by atoms with Gasteiger partial charge in [-0.3, -0.25) is 19.9 Å². The maximum Gasteiger partial charge on any atom is 0.423 e. The van der Waals surface area contributed by atoms with Gasteiger partial charge in [-0.2, -0.15) is 13.2 Å². The van der Waals surface area contributed by atoms with E-state index in [1.807, 2.05) is 30.3 Å². The average Bonchev–Trinajstić information content (AvgIpc) is 2.96. The van der Waals surface area contributed by atoms with Gasteiger partial charge in [-0.15, -0.1) is 0 Å². The SMILES string of the molecule is O=C(COC1CCC(=Nc2ccc([N+](=O)[O-])c(C(F)(F)F)c2)CC1)N1CCN(c2ccc3cc(Br)ccc3n2)CC1. The zero-order chi connectivity index (χ0) is 29.1. The number of fused-ring (bicyclic) bond motifs is 1. The number of ether oxygens (including phenoxy) is 1. The molecular formula is C28H27BrF3N5O4. The number of benzene rings is 2. The maximum absolute atomic E-state index is 13.3. The molecule has 1 aliphatic carbocycles.